The van der Waals surface area contributed by atoms with Crippen molar-refractivity contribution in [3.8, 4) is 6.07 Å². The summed E-state index contributed by atoms with van der Waals surface area (Å²) >= 11 is 6.07. The highest BCUT2D eigenvalue weighted by Crippen LogP contribution is 2.20. The zero-order chi connectivity index (χ0) is 18.2. The van der Waals surface area contributed by atoms with Crippen LogP contribution in [-0.4, -0.2) is 17.4 Å². The number of aryl methyl sites for hydroxylation is 1. The summed E-state index contributed by atoms with van der Waals surface area (Å²) in [7, 11) is 0. The summed E-state index contributed by atoms with van der Waals surface area (Å²) in [6, 6.07) is 17.1. The van der Waals surface area contributed by atoms with Crippen molar-refractivity contribution in [1.82, 2.24) is 4.90 Å². The van der Waals surface area contributed by atoms with Crippen molar-refractivity contribution in [1.29, 1.82) is 5.26 Å². The van der Waals surface area contributed by atoms with E-state index >= 15 is 0 Å². The first-order valence-corrected chi connectivity index (χ1v) is 8.38. The quantitative estimate of drug-likeness (QED) is 0.613. The second-order valence-electron chi connectivity index (χ2n) is 5.62. The van der Waals surface area contributed by atoms with Gasteiger partial charge in [-0.25, -0.2) is 0 Å². The molecule has 0 heterocycles. The summed E-state index contributed by atoms with van der Waals surface area (Å²) in [5.74, 6) is -0.450. The highest BCUT2D eigenvalue weighted by molar-refractivity contribution is 6.31. The Morgan fingerprint density at radius 2 is 2.00 bits per heavy atom. The molecule has 0 spiro atoms. The van der Waals surface area contributed by atoms with E-state index in [4.69, 9.17) is 11.6 Å². The Hall–Kier alpha value is -2.77. The van der Waals surface area contributed by atoms with Crippen LogP contribution >= 0.6 is 11.6 Å². The third kappa shape index (κ3) is 5.37. The number of anilines is 1. The monoisotopic (exact) mass is 353 g/mol. The Morgan fingerprint density at radius 3 is 2.60 bits per heavy atom. The van der Waals surface area contributed by atoms with Gasteiger partial charge in [-0.2, -0.15) is 5.26 Å². The first-order chi connectivity index (χ1) is 12.0. The van der Waals surface area contributed by atoms with Crippen LogP contribution in [0.3, 0.4) is 0 Å². The molecule has 4 nitrogen and oxygen atoms in total. The zero-order valence-electron chi connectivity index (χ0n) is 14.3. The molecule has 0 radical (unpaired) electrons. The van der Waals surface area contributed by atoms with Gasteiger partial charge in [-0.15, -0.1) is 0 Å². The number of hydrogen-bond donors (Lipinski definition) is 1. The van der Waals surface area contributed by atoms with Crippen molar-refractivity contribution < 1.29 is 4.79 Å². The highest BCUT2D eigenvalue weighted by Gasteiger charge is 2.12. The lowest BCUT2D eigenvalue weighted by atomic mass is 10.2. The van der Waals surface area contributed by atoms with E-state index < -0.39 is 5.91 Å². The Morgan fingerprint density at radius 1 is 1.28 bits per heavy atom. The molecule has 0 aliphatic heterocycles. The number of amides is 1. The van der Waals surface area contributed by atoms with E-state index in [2.05, 4.69) is 5.32 Å². The van der Waals surface area contributed by atoms with Gasteiger partial charge in [0, 0.05) is 30.0 Å². The average molecular weight is 354 g/mol. The van der Waals surface area contributed by atoms with Crippen LogP contribution < -0.4 is 5.32 Å². The van der Waals surface area contributed by atoms with Gasteiger partial charge in [0.25, 0.3) is 5.91 Å². The SMILES string of the molecule is CCN(/C=C(/C#N)C(=O)Nc1ccc(C)c(Cl)c1)Cc1ccccc1. The van der Waals surface area contributed by atoms with Crippen molar-refractivity contribution in [3.05, 3.63) is 76.5 Å². The van der Waals surface area contributed by atoms with E-state index in [0.29, 0.717) is 23.8 Å². The van der Waals surface area contributed by atoms with E-state index in [9.17, 15) is 10.1 Å². The molecule has 2 aromatic carbocycles. The van der Waals surface area contributed by atoms with E-state index in [-0.39, 0.29) is 5.57 Å². The summed E-state index contributed by atoms with van der Waals surface area (Å²) in [5.41, 5.74) is 2.65. The minimum absolute atomic E-state index is 0.0504. The van der Waals surface area contributed by atoms with Crippen LogP contribution in [0.25, 0.3) is 0 Å². The van der Waals surface area contributed by atoms with Crippen LogP contribution in [0.15, 0.2) is 60.3 Å². The van der Waals surface area contributed by atoms with Crippen LogP contribution in [0.1, 0.15) is 18.1 Å². The van der Waals surface area contributed by atoms with Crippen LogP contribution in [0, 0.1) is 18.3 Å². The average Bonchev–Trinajstić information content (AvgIpc) is 2.62. The number of halogens is 1. The summed E-state index contributed by atoms with van der Waals surface area (Å²) in [6.07, 6.45) is 1.60. The van der Waals surface area contributed by atoms with E-state index in [1.807, 2.05) is 61.2 Å². The lowest BCUT2D eigenvalue weighted by Gasteiger charge is -2.19. The van der Waals surface area contributed by atoms with Crippen molar-refractivity contribution in [2.24, 2.45) is 0 Å². The molecule has 0 fully saturated rings. The molecule has 0 unspecified atom stereocenters. The summed E-state index contributed by atoms with van der Waals surface area (Å²) in [5, 5.41) is 12.6. The van der Waals surface area contributed by atoms with Gasteiger partial charge in [-0.05, 0) is 37.1 Å². The Balaban J connectivity index is 2.12. The maximum atomic E-state index is 12.4. The van der Waals surface area contributed by atoms with E-state index in [1.165, 1.54) is 0 Å². The second-order valence-corrected chi connectivity index (χ2v) is 6.03. The number of carbonyl (C=O) groups is 1. The standard InChI is InChI=1S/C20H20ClN3O/c1-3-24(13-16-7-5-4-6-8-16)14-17(12-22)20(25)23-18-10-9-15(2)19(21)11-18/h4-11,14H,3,13H2,1-2H3,(H,23,25)/b17-14-. The van der Waals surface area contributed by atoms with Crippen LogP contribution in [0.5, 0.6) is 0 Å². The lowest BCUT2D eigenvalue weighted by Crippen LogP contribution is -2.21. The molecule has 0 aliphatic rings. The molecular formula is C20H20ClN3O. The third-order valence-electron chi connectivity index (χ3n) is 3.74. The van der Waals surface area contributed by atoms with Gasteiger partial charge < -0.3 is 10.2 Å². The van der Waals surface area contributed by atoms with E-state index in [1.54, 1.807) is 18.3 Å². The fourth-order valence-corrected chi connectivity index (χ4v) is 2.44. The predicted octanol–water partition coefficient (Wildman–Crippen LogP) is 4.52. The third-order valence-corrected chi connectivity index (χ3v) is 4.15. The van der Waals surface area contributed by atoms with Crippen LogP contribution in [0.4, 0.5) is 5.69 Å². The fourth-order valence-electron chi connectivity index (χ4n) is 2.26. The zero-order valence-corrected chi connectivity index (χ0v) is 15.0. The molecule has 128 valence electrons. The van der Waals surface area contributed by atoms with Crippen LogP contribution in [-0.2, 0) is 11.3 Å². The van der Waals surface area contributed by atoms with E-state index in [0.717, 1.165) is 11.1 Å². The first-order valence-electron chi connectivity index (χ1n) is 8.01. The molecule has 25 heavy (non-hydrogen) atoms. The van der Waals surface area contributed by atoms with Gasteiger partial charge in [-0.1, -0.05) is 48.0 Å². The predicted molar refractivity (Wildman–Crippen MR) is 101 cm³/mol. The fraction of sp³-hybridized carbons (Fsp3) is 0.200. The maximum absolute atomic E-state index is 12.4. The van der Waals surface area contributed by atoms with Gasteiger partial charge in [0.2, 0.25) is 0 Å². The summed E-state index contributed by atoms with van der Waals surface area (Å²) in [4.78, 5) is 14.3. The van der Waals surface area contributed by atoms with Gasteiger partial charge in [0.15, 0.2) is 0 Å². The number of hydrogen-bond acceptors (Lipinski definition) is 3. The first kappa shape index (κ1) is 18.6. The Kier molecular flexibility index (Phi) is 6.62. The second kappa shape index (κ2) is 8.91. The molecule has 0 aromatic heterocycles. The lowest BCUT2D eigenvalue weighted by molar-refractivity contribution is -0.112. The summed E-state index contributed by atoms with van der Waals surface area (Å²) in [6.45, 7) is 5.18. The molecule has 0 atom stereocenters. The topological polar surface area (TPSA) is 56.1 Å². The molecule has 0 aliphatic carbocycles. The number of benzene rings is 2. The van der Waals surface area contributed by atoms with Crippen molar-refractivity contribution in [2.45, 2.75) is 20.4 Å². The Bertz CT molecular complexity index is 809. The van der Waals surface area contributed by atoms with Gasteiger partial charge in [0.05, 0.1) is 0 Å². The molecule has 0 bridgehead atoms. The molecule has 0 saturated heterocycles. The molecule has 1 N–H and O–H groups in total. The smallest absolute Gasteiger partial charge is 0.267 e. The van der Waals surface area contributed by atoms with Crippen molar-refractivity contribution in [3.63, 3.8) is 0 Å². The normalized spacial score (nSPS) is 10.9. The van der Waals surface area contributed by atoms with Gasteiger partial charge >= 0.3 is 0 Å². The molecule has 0 saturated carbocycles. The molecular weight excluding hydrogens is 334 g/mol. The van der Waals surface area contributed by atoms with Crippen molar-refractivity contribution in [2.75, 3.05) is 11.9 Å². The van der Waals surface area contributed by atoms with Gasteiger partial charge in [-0.3, -0.25) is 4.79 Å². The number of nitrogens with one attached hydrogen (secondary N) is 1. The largest absolute Gasteiger partial charge is 0.372 e. The number of carbonyl (C=O) groups excluding carboxylic acids is 1. The summed E-state index contributed by atoms with van der Waals surface area (Å²) < 4.78 is 0. The Labute approximate surface area is 153 Å². The molecule has 5 heteroatoms. The number of nitriles is 1. The molecule has 1 amide bonds. The maximum Gasteiger partial charge on any atom is 0.267 e. The minimum Gasteiger partial charge on any atom is -0.372 e. The minimum atomic E-state index is -0.450. The number of nitrogens with zero attached hydrogens (tertiary/aromatic N) is 2. The molecule has 2 rings (SSSR count). The van der Waals surface area contributed by atoms with Crippen LogP contribution in [0.2, 0.25) is 5.02 Å². The van der Waals surface area contributed by atoms with Gasteiger partial charge in [0.1, 0.15) is 11.6 Å². The molecule has 2 aromatic rings. The van der Waals surface area contributed by atoms with Crippen molar-refractivity contribution >= 4 is 23.2 Å². The number of rotatable bonds is 6. The highest BCUT2D eigenvalue weighted by atomic mass is 35.5.